The highest BCUT2D eigenvalue weighted by molar-refractivity contribution is 5.82. The van der Waals surface area contributed by atoms with Gasteiger partial charge >= 0.3 is 0 Å². The van der Waals surface area contributed by atoms with Gasteiger partial charge < -0.3 is 4.90 Å². The van der Waals surface area contributed by atoms with Gasteiger partial charge in [-0.05, 0) is 56.8 Å². The monoisotopic (exact) mass is 370 g/mol. The molecule has 2 fully saturated rings. The quantitative estimate of drug-likeness (QED) is 0.794. The second kappa shape index (κ2) is 7.64. The maximum Gasteiger partial charge on any atom is 0.266 e. The van der Waals surface area contributed by atoms with Gasteiger partial charge in [-0.2, -0.15) is 5.10 Å². The lowest BCUT2D eigenvalue weighted by Crippen LogP contribution is -2.53. The summed E-state index contributed by atoms with van der Waals surface area (Å²) in [5.74, 6) is 1.30. The average molecular weight is 370 g/mol. The first-order chi connectivity index (χ1) is 13.1. The van der Waals surface area contributed by atoms with E-state index in [0.717, 1.165) is 45.3 Å². The van der Waals surface area contributed by atoms with Crippen molar-refractivity contribution in [3.05, 3.63) is 40.9 Å². The Kier molecular flexibility index (Phi) is 5.07. The van der Waals surface area contributed by atoms with Crippen LogP contribution in [-0.2, 0) is 11.3 Å². The Morgan fingerprint density at radius 3 is 2.67 bits per heavy atom. The molecule has 2 saturated heterocycles. The number of aromatic nitrogens is 4. The smallest absolute Gasteiger partial charge is 0.266 e. The van der Waals surface area contributed by atoms with Gasteiger partial charge in [0.25, 0.3) is 5.56 Å². The van der Waals surface area contributed by atoms with Gasteiger partial charge in [-0.15, -0.1) is 5.10 Å². The lowest BCUT2D eigenvalue weighted by molar-refractivity contribution is -0.139. The van der Waals surface area contributed by atoms with Crippen LogP contribution in [0.4, 0.5) is 0 Å². The van der Waals surface area contributed by atoms with E-state index < -0.39 is 0 Å². The summed E-state index contributed by atoms with van der Waals surface area (Å²) >= 11 is 0. The molecule has 2 aliphatic heterocycles. The van der Waals surface area contributed by atoms with Crippen LogP contribution in [0.3, 0.4) is 0 Å². The van der Waals surface area contributed by atoms with Crippen molar-refractivity contribution < 1.29 is 4.79 Å². The summed E-state index contributed by atoms with van der Waals surface area (Å²) < 4.78 is 3.21. The van der Waals surface area contributed by atoms with E-state index in [-0.39, 0.29) is 17.5 Å². The molecule has 27 heavy (non-hydrogen) atoms. The van der Waals surface area contributed by atoms with E-state index >= 15 is 0 Å². The number of likely N-dealkylation sites (tertiary alicyclic amines) is 2. The Hall–Kier alpha value is -2.48. The fourth-order valence-corrected chi connectivity index (χ4v) is 4.14. The highest BCUT2D eigenvalue weighted by Crippen LogP contribution is 2.24. The third kappa shape index (κ3) is 3.80. The van der Waals surface area contributed by atoms with E-state index in [9.17, 15) is 9.59 Å². The topological polar surface area (TPSA) is 76.3 Å². The number of rotatable bonds is 4. The molecule has 4 rings (SSSR count). The molecule has 1 unspecified atom stereocenters. The van der Waals surface area contributed by atoms with Crippen LogP contribution in [0.15, 0.2) is 35.4 Å². The Morgan fingerprint density at radius 2 is 1.93 bits per heavy atom. The van der Waals surface area contributed by atoms with Crippen LogP contribution in [-0.4, -0.2) is 68.0 Å². The van der Waals surface area contributed by atoms with Crippen LogP contribution in [0.25, 0.3) is 5.82 Å². The zero-order valence-electron chi connectivity index (χ0n) is 15.7. The van der Waals surface area contributed by atoms with E-state index in [0.29, 0.717) is 18.3 Å². The molecule has 8 nitrogen and oxygen atoms in total. The van der Waals surface area contributed by atoms with Crippen molar-refractivity contribution in [3.63, 3.8) is 0 Å². The molecule has 144 valence electrons. The molecular formula is C19H26N6O2. The van der Waals surface area contributed by atoms with Crippen molar-refractivity contribution in [3.8, 4) is 5.82 Å². The van der Waals surface area contributed by atoms with E-state index in [1.54, 1.807) is 27.7 Å². The Bertz CT molecular complexity index is 838. The van der Waals surface area contributed by atoms with E-state index in [1.807, 2.05) is 24.2 Å². The summed E-state index contributed by atoms with van der Waals surface area (Å²) in [6, 6.07) is 5.11. The van der Waals surface area contributed by atoms with Gasteiger partial charge in [0.2, 0.25) is 5.91 Å². The van der Waals surface area contributed by atoms with E-state index in [4.69, 9.17) is 0 Å². The van der Waals surface area contributed by atoms with Crippen LogP contribution in [0.5, 0.6) is 0 Å². The number of likely N-dealkylation sites (N-methyl/N-ethyl adjacent to an activating group) is 1. The molecule has 0 saturated carbocycles. The Balaban J connectivity index is 1.39. The van der Waals surface area contributed by atoms with Gasteiger partial charge in [-0.3, -0.25) is 14.5 Å². The molecule has 2 aromatic heterocycles. The standard InChI is InChI=1S/C19H26N6O2/c1-22-10-2-4-16(19(22)27)23-12-7-15(8-13-23)14-25-18(26)6-5-17(21-25)24-11-3-9-20-24/h3,5-6,9,11,15-16H,2,4,7-8,10,12-14H2,1H3. The highest BCUT2D eigenvalue weighted by atomic mass is 16.2. The van der Waals surface area contributed by atoms with Gasteiger partial charge in [0, 0.05) is 38.6 Å². The lowest BCUT2D eigenvalue weighted by atomic mass is 9.93. The molecule has 0 spiro atoms. The first-order valence-corrected chi connectivity index (χ1v) is 9.69. The summed E-state index contributed by atoms with van der Waals surface area (Å²) in [7, 11) is 1.89. The maximum absolute atomic E-state index is 12.4. The zero-order chi connectivity index (χ0) is 18.8. The minimum atomic E-state index is -0.0857. The molecular weight excluding hydrogens is 344 g/mol. The van der Waals surface area contributed by atoms with E-state index in [1.165, 1.54) is 0 Å². The third-order valence-corrected chi connectivity index (χ3v) is 5.75. The molecule has 2 aromatic rings. The molecule has 0 bridgehead atoms. The van der Waals surface area contributed by atoms with Crippen molar-refractivity contribution in [2.75, 3.05) is 26.7 Å². The minimum absolute atomic E-state index is 0.0358. The number of amides is 1. The van der Waals surface area contributed by atoms with Gasteiger partial charge in [-0.25, -0.2) is 9.36 Å². The fraction of sp³-hybridized carbons (Fsp3) is 0.579. The minimum Gasteiger partial charge on any atom is -0.344 e. The van der Waals surface area contributed by atoms with Crippen LogP contribution >= 0.6 is 0 Å². The number of hydrogen-bond acceptors (Lipinski definition) is 5. The molecule has 0 radical (unpaired) electrons. The Labute approximate surface area is 158 Å². The third-order valence-electron chi connectivity index (χ3n) is 5.75. The van der Waals surface area contributed by atoms with Crippen molar-refractivity contribution in [1.29, 1.82) is 0 Å². The molecule has 2 aliphatic rings. The van der Waals surface area contributed by atoms with Gasteiger partial charge in [0.15, 0.2) is 5.82 Å². The van der Waals surface area contributed by atoms with Crippen molar-refractivity contribution >= 4 is 5.91 Å². The summed E-state index contributed by atoms with van der Waals surface area (Å²) in [5.41, 5.74) is -0.0857. The molecule has 0 N–H and O–H groups in total. The SMILES string of the molecule is CN1CCCC(N2CCC(Cn3nc(-n4cccn4)ccc3=O)CC2)C1=O. The summed E-state index contributed by atoms with van der Waals surface area (Å²) in [4.78, 5) is 28.8. The first-order valence-electron chi connectivity index (χ1n) is 9.69. The van der Waals surface area contributed by atoms with Crippen LogP contribution < -0.4 is 5.56 Å². The zero-order valence-corrected chi connectivity index (χ0v) is 15.7. The van der Waals surface area contributed by atoms with E-state index in [2.05, 4.69) is 15.1 Å². The van der Waals surface area contributed by atoms with Gasteiger partial charge in [-0.1, -0.05) is 0 Å². The largest absolute Gasteiger partial charge is 0.344 e. The van der Waals surface area contributed by atoms with Crippen LogP contribution in [0.1, 0.15) is 25.7 Å². The van der Waals surface area contributed by atoms with Crippen LogP contribution in [0, 0.1) is 5.92 Å². The number of carbonyl (C=O) groups is 1. The number of piperidine rings is 2. The lowest BCUT2D eigenvalue weighted by Gasteiger charge is -2.40. The van der Waals surface area contributed by atoms with Crippen molar-refractivity contribution in [1.82, 2.24) is 29.4 Å². The molecule has 0 aromatic carbocycles. The molecule has 8 heteroatoms. The summed E-state index contributed by atoms with van der Waals surface area (Å²) in [6.45, 7) is 3.29. The predicted molar refractivity (Wildman–Crippen MR) is 101 cm³/mol. The molecule has 1 atom stereocenters. The summed E-state index contributed by atoms with van der Waals surface area (Å²) in [6.07, 6.45) is 7.50. The fourth-order valence-electron chi connectivity index (χ4n) is 4.14. The molecule has 1 amide bonds. The number of carbonyl (C=O) groups excluding carboxylic acids is 1. The maximum atomic E-state index is 12.4. The number of hydrogen-bond donors (Lipinski definition) is 0. The Morgan fingerprint density at radius 1 is 1.11 bits per heavy atom. The first kappa shape index (κ1) is 17.9. The second-order valence-corrected chi connectivity index (χ2v) is 7.56. The average Bonchev–Trinajstić information content (AvgIpc) is 3.21. The molecule has 0 aliphatic carbocycles. The summed E-state index contributed by atoms with van der Waals surface area (Å²) in [5, 5.41) is 8.65. The van der Waals surface area contributed by atoms with Crippen LogP contribution in [0.2, 0.25) is 0 Å². The molecule has 4 heterocycles. The second-order valence-electron chi connectivity index (χ2n) is 7.56. The predicted octanol–water partition coefficient (Wildman–Crippen LogP) is 0.762. The van der Waals surface area contributed by atoms with Crippen molar-refractivity contribution in [2.24, 2.45) is 5.92 Å². The number of nitrogens with zero attached hydrogens (tertiary/aromatic N) is 6. The van der Waals surface area contributed by atoms with Gasteiger partial charge in [0.1, 0.15) is 0 Å². The highest BCUT2D eigenvalue weighted by Gasteiger charge is 2.33. The normalized spacial score (nSPS) is 22.3. The van der Waals surface area contributed by atoms with Gasteiger partial charge in [0.05, 0.1) is 6.04 Å². The van der Waals surface area contributed by atoms with Crippen molar-refractivity contribution in [2.45, 2.75) is 38.3 Å².